The molecule has 3 aromatic carbocycles. The average Bonchev–Trinajstić information content (AvgIpc) is 3.32. The second kappa shape index (κ2) is 10.9. The highest BCUT2D eigenvalue weighted by atomic mass is 35.5. The Morgan fingerprint density at radius 2 is 1.69 bits per heavy atom. The van der Waals surface area contributed by atoms with Gasteiger partial charge >= 0.3 is 0 Å². The van der Waals surface area contributed by atoms with Gasteiger partial charge in [0.2, 0.25) is 5.91 Å². The summed E-state index contributed by atoms with van der Waals surface area (Å²) in [6.07, 6.45) is 3.59. The SMILES string of the molecule is COc1ccc(CC(=O)Nc2ccc(Cn3cnc(C(=O)Nc4cccc(Cl)c4C)c3)cc2)cc1. The monoisotopic (exact) mass is 488 g/mol. The highest BCUT2D eigenvalue weighted by Crippen LogP contribution is 2.23. The number of benzene rings is 3. The number of imidazole rings is 1. The molecule has 0 saturated heterocycles. The predicted molar refractivity (Wildman–Crippen MR) is 137 cm³/mol. The topological polar surface area (TPSA) is 85.2 Å². The first-order valence-corrected chi connectivity index (χ1v) is 11.4. The Balaban J connectivity index is 1.32. The van der Waals surface area contributed by atoms with Crippen LogP contribution in [0.3, 0.4) is 0 Å². The number of nitrogens with one attached hydrogen (secondary N) is 2. The molecule has 0 unspecified atom stereocenters. The molecule has 1 aromatic heterocycles. The van der Waals surface area contributed by atoms with E-state index in [1.807, 2.05) is 60.0 Å². The van der Waals surface area contributed by atoms with Crippen LogP contribution in [-0.2, 0) is 17.8 Å². The molecule has 7 nitrogen and oxygen atoms in total. The number of hydrogen-bond donors (Lipinski definition) is 2. The molecule has 0 aliphatic rings. The zero-order valence-electron chi connectivity index (χ0n) is 19.4. The number of ether oxygens (including phenoxy) is 1. The molecule has 35 heavy (non-hydrogen) atoms. The fourth-order valence-corrected chi connectivity index (χ4v) is 3.71. The molecule has 4 rings (SSSR count). The number of anilines is 2. The summed E-state index contributed by atoms with van der Waals surface area (Å²) in [6.45, 7) is 2.39. The Hall–Kier alpha value is -4.10. The summed E-state index contributed by atoms with van der Waals surface area (Å²) in [7, 11) is 1.61. The van der Waals surface area contributed by atoms with Crippen molar-refractivity contribution in [2.24, 2.45) is 0 Å². The van der Waals surface area contributed by atoms with Gasteiger partial charge in [0.1, 0.15) is 11.4 Å². The number of carbonyl (C=O) groups is 2. The molecule has 0 bridgehead atoms. The zero-order valence-corrected chi connectivity index (χ0v) is 20.2. The molecule has 0 saturated carbocycles. The Kier molecular flexibility index (Phi) is 7.48. The van der Waals surface area contributed by atoms with Crippen LogP contribution in [0.1, 0.15) is 27.2 Å². The number of halogens is 1. The van der Waals surface area contributed by atoms with E-state index in [2.05, 4.69) is 15.6 Å². The molecule has 178 valence electrons. The Morgan fingerprint density at radius 1 is 0.971 bits per heavy atom. The van der Waals surface area contributed by atoms with Gasteiger partial charge in [-0.25, -0.2) is 4.98 Å². The van der Waals surface area contributed by atoms with Crippen molar-refractivity contribution < 1.29 is 14.3 Å². The van der Waals surface area contributed by atoms with Crippen molar-refractivity contribution in [2.45, 2.75) is 19.9 Å². The summed E-state index contributed by atoms with van der Waals surface area (Å²) in [5.74, 6) is 0.360. The van der Waals surface area contributed by atoms with Crippen LogP contribution in [0.2, 0.25) is 5.02 Å². The lowest BCUT2D eigenvalue weighted by Gasteiger charge is -2.08. The standard InChI is InChI=1S/C27H25ClN4O3/c1-18-23(28)4-3-5-24(18)31-27(34)25-16-32(17-29-25)15-20-6-10-21(11-7-20)30-26(33)14-19-8-12-22(35-2)13-9-19/h3-13,16-17H,14-15H2,1-2H3,(H,30,33)(H,31,34). The van der Waals surface area contributed by atoms with Crippen molar-refractivity contribution in [3.8, 4) is 5.75 Å². The molecule has 0 spiro atoms. The first-order valence-electron chi connectivity index (χ1n) is 11.0. The number of amides is 2. The van der Waals surface area contributed by atoms with Crippen LogP contribution in [0.15, 0.2) is 79.3 Å². The normalized spacial score (nSPS) is 10.6. The van der Waals surface area contributed by atoms with E-state index >= 15 is 0 Å². The maximum atomic E-state index is 12.6. The van der Waals surface area contributed by atoms with Gasteiger partial charge in [0.15, 0.2) is 0 Å². The number of carbonyl (C=O) groups excluding carboxylic acids is 2. The summed E-state index contributed by atoms with van der Waals surface area (Å²) in [4.78, 5) is 29.1. The molecule has 8 heteroatoms. The summed E-state index contributed by atoms with van der Waals surface area (Å²) in [5.41, 5.74) is 4.40. The predicted octanol–water partition coefficient (Wildman–Crippen LogP) is 5.34. The number of aromatic nitrogens is 2. The third kappa shape index (κ3) is 6.28. The number of methoxy groups -OCH3 is 1. The summed E-state index contributed by atoms with van der Waals surface area (Å²) in [6, 6.07) is 20.3. The molecule has 0 radical (unpaired) electrons. The number of rotatable bonds is 8. The van der Waals surface area contributed by atoms with Crippen molar-refractivity contribution in [3.05, 3.63) is 107 Å². The van der Waals surface area contributed by atoms with Gasteiger partial charge in [-0.3, -0.25) is 9.59 Å². The van der Waals surface area contributed by atoms with Gasteiger partial charge in [0.25, 0.3) is 5.91 Å². The summed E-state index contributed by atoms with van der Waals surface area (Å²) >= 11 is 6.12. The lowest BCUT2D eigenvalue weighted by molar-refractivity contribution is -0.115. The lowest BCUT2D eigenvalue weighted by atomic mass is 10.1. The molecule has 0 fully saturated rings. The molecule has 0 aliphatic heterocycles. The highest BCUT2D eigenvalue weighted by molar-refractivity contribution is 6.31. The van der Waals surface area contributed by atoms with Crippen LogP contribution in [0, 0.1) is 6.92 Å². The van der Waals surface area contributed by atoms with Crippen LogP contribution in [0.5, 0.6) is 5.75 Å². The van der Waals surface area contributed by atoms with Gasteiger partial charge < -0.3 is 19.9 Å². The van der Waals surface area contributed by atoms with Crippen molar-refractivity contribution in [2.75, 3.05) is 17.7 Å². The third-order valence-corrected chi connectivity index (χ3v) is 5.92. The third-order valence-electron chi connectivity index (χ3n) is 5.51. The second-order valence-corrected chi connectivity index (χ2v) is 8.47. The molecule has 2 N–H and O–H groups in total. The molecule has 0 aliphatic carbocycles. The van der Waals surface area contributed by atoms with Gasteiger partial charge in [-0.2, -0.15) is 0 Å². The van der Waals surface area contributed by atoms with Crippen molar-refractivity contribution in [1.82, 2.24) is 9.55 Å². The molecule has 0 atom stereocenters. The molecular formula is C27H25ClN4O3. The maximum Gasteiger partial charge on any atom is 0.275 e. The Labute approximate surface area is 208 Å². The Morgan fingerprint density at radius 3 is 2.40 bits per heavy atom. The fourth-order valence-electron chi connectivity index (χ4n) is 3.53. The van der Waals surface area contributed by atoms with E-state index in [0.29, 0.717) is 22.9 Å². The van der Waals surface area contributed by atoms with Crippen molar-refractivity contribution in [3.63, 3.8) is 0 Å². The first-order chi connectivity index (χ1) is 16.9. The minimum absolute atomic E-state index is 0.0943. The first kappa shape index (κ1) is 24.0. The van der Waals surface area contributed by atoms with Crippen LogP contribution in [-0.4, -0.2) is 28.5 Å². The van der Waals surface area contributed by atoms with E-state index in [0.717, 1.165) is 28.1 Å². The molecule has 1 heterocycles. The van der Waals surface area contributed by atoms with Gasteiger partial charge in [-0.05, 0) is 60.0 Å². The number of hydrogen-bond acceptors (Lipinski definition) is 4. The van der Waals surface area contributed by atoms with Crippen LogP contribution >= 0.6 is 11.6 Å². The summed E-state index contributed by atoms with van der Waals surface area (Å²) in [5, 5.41) is 6.35. The van der Waals surface area contributed by atoms with Crippen molar-refractivity contribution >= 4 is 34.8 Å². The molecule has 2 amide bonds. The van der Waals surface area contributed by atoms with Gasteiger partial charge in [-0.1, -0.05) is 41.9 Å². The Bertz CT molecular complexity index is 1330. The zero-order chi connectivity index (χ0) is 24.8. The smallest absolute Gasteiger partial charge is 0.275 e. The van der Waals surface area contributed by atoms with E-state index in [9.17, 15) is 9.59 Å². The highest BCUT2D eigenvalue weighted by Gasteiger charge is 2.12. The summed E-state index contributed by atoms with van der Waals surface area (Å²) < 4.78 is 6.97. The largest absolute Gasteiger partial charge is 0.497 e. The van der Waals surface area contributed by atoms with Crippen LogP contribution < -0.4 is 15.4 Å². The second-order valence-electron chi connectivity index (χ2n) is 8.07. The van der Waals surface area contributed by atoms with Crippen molar-refractivity contribution in [1.29, 1.82) is 0 Å². The molecular weight excluding hydrogens is 464 g/mol. The van der Waals surface area contributed by atoms with E-state index in [4.69, 9.17) is 16.3 Å². The maximum absolute atomic E-state index is 12.6. The van der Waals surface area contributed by atoms with Crippen LogP contribution in [0.25, 0.3) is 0 Å². The van der Waals surface area contributed by atoms with Gasteiger partial charge in [0.05, 0.1) is 19.9 Å². The van der Waals surface area contributed by atoms with Gasteiger partial charge in [0, 0.05) is 29.1 Å². The van der Waals surface area contributed by atoms with Crippen LogP contribution in [0.4, 0.5) is 11.4 Å². The van der Waals surface area contributed by atoms with E-state index in [1.165, 1.54) is 0 Å². The van der Waals surface area contributed by atoms with E-state index in [-0.39, 0.29) is 18.2 Å². The van der Waals surface area contributed by atoms with E-state index < -0.39 is 0 Å². The number of nitrogens with zero attached hydrogens (tertiary/aromatic N) is 2. The quantitative estimate of drug-likeness (QED) is 0.351. The lowest BCUT2D eigenvalue weighted by Crippen LogP contribution is -2.14. The van der Waals surface area contributed by atoms with Gasteiger partial charge in [-0.15, -0.1) is 0 Å². The average molecular weight is 489 g/mol. The van der Waals surface area contributed by atoms with E-state index in [1.54, 1.807) is 37.8 Å². The minimum Gasteiger partial charge on any atom is -0.497 e. The minimum atomic E-state index is -0.302. The molecule has 4 aromatic rings. The fraction of sp³-hybridized carbons (Fsp3) is 0.148.